The number of benzene rings is 2. The van der Waals surface area contributed by atoms with Crippen molar-refractivity contribution in [2.45, 2.75) is 25.8 Å². The smallest absolute Gasteiger partial charge is 0.244 e. The second-order valence-electron chi connectivity index (χ2n) is 8.25. The maximum absolute atomic E-state index is 12.6. The predicted molar refractivity (Wildman–Crippen MR) is 141 cm³/mol. The second kappa shape index (κ2) is 11.7. The van der Waals surface area contributed by atoms with Crippen LogP contribution >= 0.6 is 0 Å². The van der Waals surface area contributed by atoms with E-state index in [1.165, 1.54) is 12.2 Å². The van der Waals surface area contributed by atoms with E-state index < -0.39 is 0 Å². The highest BCUT2D eigenvalue weighted by molar-refractivity contribution is 5.96. The van der Waals surface area contributed by atoms with Crippen LogP contribution in [0, 0.1) is 0 Å². The van der Waals surface area contributed by atoms with E-state index in [2.05, 4.69) is 20.6 Å². The van der Waals surface area contributed by atoms with Gasteiger partial charge in [0.05, 0.1) is 11.0 Å². The molecule has 6 heteroatoms. The molecule has 0 aliphatic carbocycles. The highest BCUT2D eigenvalue weighted by Crippen LogP contribution is 2.18. The summed E-state index contributed by atoms with van der Waals surface area (Å²) < 4.78 is 0. The molecule has 6 nitrogen and oxygen atoms in total. The van der Waals surface area contributed by atoms with Gasteiger partial charge in [0.15, 0.2) is 0 Å². The molecular formula is C29H28N4O2. The number of para-hydroxylation sites is 2. The van der Waals surface area contributed by atoms with Gasteiger partial charge in [0.2, 0.25) is 11.8 Å². The molecule has 0 spiro atoms. The molecule has 0 radical (unpaired) electrons. The molecule has 0 aliphatic heterocycles. The fraction of sp³-hybridized carbons (Fsp3) is 0.172. The fourth-order valence-electron chi connectivity index (χ4n) is 3.96. The van der Waals surface area contributed by atoms with E-state index in [1.807, 2.05) is 67.6 Å². The van der Waals surface area contributed by atoms with Crippen LogP contribution in [0.2, 0.25) is 0 Å². The summed E-state index contributed by atoms with van der Waals surface area (Å²) in [5.41, 5.74) is 3.46. The minimum atomic E-state index is -0.217. The number of hydrogen-bond donors (Lipinski definition) is 2. The first-order chi connectivity index (χ1) is 17.1. The molecule has 0 aliphatic rings. The van der Waals surface area contributed by atoms with Crippen LogP contribution in [0.25, 0.3) is 34.0 Å². The molecule has 4 rings (SSSR count). The quantitative estimate of drug-likeness (QED) is 0.345. The minimum Gasteiger partial charge on any atom is -0.350 e. The molecule has 0 unspecified atom stereocenters. The van der Waals surface area contributed by atoms with Crippen molar-refractivity contribution < 1.29 is 9.59 Å². The maximum Gasteiger partial charge on any atom is 0.244 e. The summed E-state index contributed by atoms with van der Waals surface area (Å²) in [4.78, 5) is 33.8. The molecule has 35 heavy (non-hydrogen) atoms. The normalized spacial score (nSPS) is 12.4. The Morgan fingerprint density at radius 2 is 1.34 bits per heavy atom. The molecule has 2 aromatic carbocycles. The predicted octanol–water partition coefficient (Wildman–Crippen LogP) is 4.91. The monoisotopic (exact) mass is 464 g/mol. The van der Waals surface area contributed by atoms with Gasteiger partial charge in [-0.05, 0) is 30.7 Å². The number of nitrogens with one attached hydrogen (secondary N) is 2. The molecule has 2 amide bonds. The minimum absolute atomic E-state index is 0.167. The molecule has 0 fully saturated rings. The Hall–Kier alpha value is -4.32. The van der Waals surface area contributed by atoms with Gasteiger partial charge in [-0.25, -0.2) is 0 Å². The molecule has 2 aromatic heterocycles. The molecule has 176 valence electrons. The standard InChI is InChI=1S/C29H28N4O2/c1-2-7-25(33-27(35)17-15-24-11-4-9-22-13-6-19-31-29(22)24)20-32-26(34)16-14-23-10-3-8-21-12-5-18-30-28(21)23/h3-6,8-19,25H,2,7,20H2,1H3,(H,32,34)(H,33,35)/b16-14+,17-15+/t25-/m1/s1. The van der Waals surface area contributed by atoms with Gasteiger partial charge < -0.3 is 10.6 Å². The molecular weight excluding hydrogens is 436 g/mol. The number of hydrogen-bond acceptors (Lipinski definition) is 4. The average Bonchev–Trinajstić information content (AvgIpc) is 2.89. The molecule has 2 heterocycles. The number of pyridine rings is 2. The highest BCUT2D eigenvalue weighted by atomic mass is 16.2. The zero-order valence-electron chi connectivity index (χ0n) is 19.6. The lowest BCUT2D eigenvalue weighted by Crippen LogP contribution is -2.42. The first-order valence-corrected chi connectivity index (χ1v) is 11.8. The molecule has 0 saturated carbocycles. The lowest BCUT2D eigenvalue weighted by atomic mass is 10.1. The number of aromatic nitrogens is 2. The number of carbonyl (C=O) groups excluding carboxylic acids is 2. The van der Waals surface area contributed by atoms with Gasteiger partial charge in [0, 0.05) is 59.0 Å². The van der Waals surface area contributed by atoms with Gasteiger partial charge in [-0.15, -0.1) is 0 Å². The van der Waals surface area contributed by atoms with Crippen molar-refractivity contribution in [1.82, 2.24) is 20.6 Å². The Labute approximate surface area is 204 Å². The number of fused-ring (bicyclic) bond motifs is 2. The van der Waals surface area contributed by atoms with Gasteiger partial charge in [-0.2, -0.15) is 0 Å². The number of nitrogens with zero attached hydrogens (tertiary/aromatic N) is 2. The molecule has 4 aromatic rings. The van der Waals surface area contributed by atoms with Crippen LogP contribution in [-0.4, -0.2) is 34.4 Å². The Bertz CT molecular complexity index is 1380. The van der Waals surface area contributed by atoms with Gasteiger partial charge in [0.1, 0.15) is 0 Å². The molecule has 0 bridgehead atoms. The van der Waals surface area contributed by atoms with Crippen LogP contribution < -0.4 is 10.6 Å². The molecule has 1 atom stereocenters. The van der Waals surface area contributed by atoms with Gasteiger partial charge in [-0.1, -0.05) is 61.9 Å². The Kier molecular flexibility index (Phi) is 7.96. The summed E-state index contributed by atoms with van der Waals surface area (Å²) in [5, 5.41) is 7.93. The summed E-state index contributed by atoms with van der Waals surface area (Å²) in [7, 11) is 0. The number of amides is 2. The zero-order valence-corrected chi connectivity index (χ0v) is 19.6. The van der Waals surface area contributed by atoms with Crippen LogP contribution in [0.4, 0.5) is 0 Å². The summed E-state index contributed by atoms with van der Waals surface area (Å²) in [5.74, 6) is -0.423. The average molecular weight is 465 g/mol. The van der Waals surface area contributed by atoms with Gasteiger partial charge in [0.25, 0.3) is 0 Å². The van der Waals surface area contributed by atoms with Crippen molar-refractivity contribution in [3.63, 3.8) is 0 Å². The van der Waals surface area contributed by atoms with E-state index in [9.17, 15) is 9.59 Å². The van der Waals surface area contributed by atoms with Crippen LogP contribution in [0.15, 0.2) is 85.2 Å². The van der Waals surface area contributed by atoms with E-state index >= 15 is 0 Å². The van der Waals surface area contributed by atoms with Crippen molar-refractivity contribution in [2.24, 2.45) is 0 Å². The molecule has 0 saturated heterocycles. The van der Waals surface area contributed by atoms with Crippen LogP contribution in [0.3, 0.4) is 0 Å². The highest BCUT2D eigenvalue weighted by Gasteiger charge is 2.11. The van der Waals surface area contributed by atoms with Crippen LogP contribution in [0.5, 0.6) is 0 Å². The first kappa shape index (κ1) is 23.8. The third-order valence-electron chi connectivity index (χ3n) is 5.66. The van der Waals surface area contributed by atoms with E-state index in [4.69, 9.17) is 0 Å². The third kappa shape index (κ3) is 6.38. The second-order valence-corrected chi connectivity index (χ2v) is 8.25. The van der Waals surface area contributed by atoms with Crippen LogP contribution in [-0.2, 0) is 9.59 Å². The Morgan fingerprint density at radius 1 is 0.800 bits per heavy atom. The largest absolute Gasteiger partial charge is 0.350 e. The lowest BCUT2D eigenvalue weighted by molar-refractivity contribution is -0.119. The van der Waals surface area contributed by atoms with E-state index in [0.717, 1.165) is 45.8 Å². The number of carbonyl (C=O) groups is 2. The van der Waals surface area contributed by atoms with E-state index in [1.54, 1.807) is 24.5 Å². The summed E-state index contributed by atoms with van der Waals surface area (Å²) in [6.45, 7) is 2.40. The Balaban J connectivity index is 1.34. The van der Waals surface area contributed by atoms with Gasteiger partial charge in [-0.3, -0.25) is 19.6 Å². The van der Waals surface area contributed by atoms with Crippen molar-refractivity contribution in [2.75, 3.05) is 6.54 Å². The lowest BCUT2D eigenvalue weighted by Gasteiger charge is -2.17. The third-order valence-corrected chi connectivity index (χ3v) is 5.66. The van der Waals surface area contributed by atoms with E-state index in [0.29, 0.717) is 6.54 Å². The fourth-order valence-corrected chi connectivity index (χ4v) is 3.96. The van der Waals surface area contributed by atoms with Crippen molar-refractivity contribution in [1.29, 1.82) is 0 Å². The van der Waals surface area contributed by atoms with Gasteiger partial charge >= 0.3 is 0 Å². The zero-order chi connectivity index (χ0) is 24.5. The molecule has 2 N–H and O–H groups in total. The Morgan fingerprint density at radius 3 is 1.91 bits per heavy atom. The summed E-state index contributed by atoms with van der Waals surface area (Å²) in [6.07, 6.45) is 11.7. The topological polar surface area (TPSA) is 84.0 Å². The first-order valence-electron chi connectivity index (χ1n) is 11.8. The van der Waals surface area contributed by atoms with Crippen LogP contribution in [0.1, 0.15) is 30.9 Å². The number of rotatable bonds is 9. The van der Waals surface area contributed by atoms with Crippen molar-refractivity contribution in [3.05, 3.63) is 96.3 Å². The summed E-state index contributed by atoms with van der Waals surface area (Å²) >= 11 is 0. The SMILES string of the molecule is CCC[C@H](CNC(=O)/C=C/c1cccc2cccnc12)NC(=O)/C=C/c1cccc2cccnc12. The van der Waals surface area contributed by atoms with Crippen molar-refractivity contribution in [3.8, 4) is 0 Å². The summed E-state index contributed by atoms with van der Waals surface area (Å²) in [6, 6.07) is 19.3. The van der Waals surface area contributed by atoms with Crippen molar-refractivity contribution >= 4 is 45.8 Å². The maximum atomic E-state index is 12.6. The van der Waals surface area contributed by atoms with E-state index in [-0.39, 0.29) is 17.9 Å².